The Hall–Kier alpha value is -9.09. The minimum atomic E-state index is 1.09. The molecule has 1 aliphatic rings. The fourth-order valence-electron chi connectivity index (χ4n) is 10.4. The minimum absolute atomic E-state index is 1.09. The fraction of sp³-hybridized carbons (Fsp3) is 0. The van der Waals surface area contributed by atoms with E-state index in [4.69, 9.17) is 0 Å². The first kappa shape index (κ1) is 43.0. The smallest absolute Gasteiger partial charge is 0.137 e. The van der Waals surface area contributed by atoms with E-state index in [0.29, 0.717) is 0 Å². The minimum Gasteiger partial charge on any atom is -0.311 e. The van der Waals surface area contributed by atoms with Crippen molar-refractivity contribution < 1.29 is 0 Å². The monoisotopic (exact) mass is 937 g/mol. The molecule has 0 fully saturated rings. The molecule has 1 aliphatic heterocycles. The van der Waals surface area contributed by atoms with Crippen LogP contribution in [-0.2, 0) is 0 Å². The van der Waals surface area contributed by atoms with E-state index < -0.39 is 0 Å². The molecule has 12 aromatic rings. The predicted molar refractivity (Wildman–Crippen MR) is 304 cm³/mol. The van der Waals surface area contributed by atoms with E-state index in [2.05, 4.69) is 299 Å². The van der Waals surface area contributed by atoms with Crippen LogP contribution < -0.4 is 9.80 Å². The van der Waals surface area contributed by atoms with Crippen molar-refractivity contribution in [2.45, 2.75) is 9.79 Å². The van der Waals surface area contributed by atoms with Gasteiger partial charge in [0.25, 0.3) is 0 Å². The summed E-state index contributed by atoms with van der Waals surface area (Å²) in [7, 11) is 0. The van der Waals surface area contributed by atoms with E-state index in [9.17, 15) is 0 Å². The zero-order valence-corrected chi connectivity index (χ0v) is 40.2. The van der Waals surface area contributed by atoms with Crippen LogP contribution in [0.4, 0.5) is 34.3 Å². The number of para-hydroxylation sites is 3. The predicted octanol–water partition coefficient (Wildman–Crippen LogP) is 19.4. The van der Waals surface area contributed by atoms with Gasteiger partial charge in [0.05, 0.1) is 16.1 Å². The Kier molecular flexibility index (Phi) is 11.1. The van der Waals surface area contributed by atoms with Gasteiger partial charge < -0.3 is 4.90 Å². The van der Waals surface area contributed by atoms with Crippen LogP contribution >= 0.6 is 11.8 Å². The Labute approximate surface area is 425 Å². The van der Waals surface area contributed by atoms with Crippen molar-refractivity contribution in [3.63, 3.8) is 0 Å². The maximum Gasteiger partial charge on any atom is 0.137 e. The van der Waals surface area contributed by atoms with Crippen molar-refractivity contribution in [1.29, 1.82) is 0 Å². The number of aromatic nitrogens is 1. The van der Waals surface area contributed by atoms with Gasteiger partial charge in [-0.05, 0) is 134 Å². The lowest BCUT2D eigenvalue weighted by molar-refractivity contribution is 1.03. The number of hydrogen-bond donors (Lipinski definition) is 0. The number of nitrogens with zero attached hydrogens (tertiary/aromatic N) is 3. The molecule has 0 atom stereocenters. The van der Waals surface area contributed by atoms with Gasteiger partial charge in [0, 0.05) is 38.7 Å². The summed E-state index contributed by atoms with van der Waals surface area (Å²) in [6, 6.07) is 103. The van der Waals surface area contributed by atoms with E-state index >= 15 is 0 Å². The summed E-state index contributed by atoms with van der Waals surface area (Å²) < 4.78 is 2.44. The second-order valence-corrected chi connectivity index (χ2v) is 19.1. The maximum absolute atomic E-state index is 2.44. The van der Waals surface area contributed by atoms with Gasteiger partial charge in [-0.15, -0.1) is 0 Å². The van der Waals surface area contributed by atoms with Crippen LogP contribution in [-0.4, -0.2) is 4.57 Å². The van der Waals surface area contributed by atoms with Crippen LogP contribution in [0.1, 0.15) is 0 Å². The summed E-state index contributed by atoms with van der Waals surface area (Å²) >= 11 is 1.87. The van der Waals surface area contributed by atoms with Gasteiger partial charge in [-0.3, -0.25) is 9.47 Å². The first-order valence-electron chi connectivity index (χ1n) is 24.5. The van der Waals surface area contributed by atoms with Gasteiger partial charge in [-0.1, -0.05) is 218 Å². The SMILES string of the molecule is c1ccc(-c2ccc(N(c3ccc(-c4ccc(-c5cccc6c5c5c(n6-c6ccccc6)N(c6ccccc6)c6ccccc6S5)cc4)cc3)c3ccc(-c4ccccc4-c4ccccc4)cc3)cc2)cc1. The highest BCUT2D eigenvalue weighted by Crippen LogP contribution is 2.57. The second kappa shape index (κ2) is 18.7. The number of hydrogen-bond acceptors (Lipinski definition) is 3. The summed E-state index contributed by atoms with van der Waals surface area (Å²) in [5, 5.41) is 1.25. The van der Waals surface area contributed by atoms with Crippen molar-refractivity contribution in [2.24, 2.45) is 0 Å². The molecule has 3 nitrogen and oxygen atoms in total. The molecular weight excluding hydrogens is 891 g/mol. The third kappa shape index (κ3) is 7.85. The maximum atomic E-state index is 2.44. The first-order valence-corrected chi connectivity index (χ1v) is 25.3. The molecule has 2 heterocycles. The largest absolute Gasteiger partial charge is 0.311 e. The third-order valence-electron chi connectivity index (χ3n) is 13.8. The van der Waals surface area contributed by atoms with Crippen LogP contribution in [0.2, 0.25) is 0 Å². The van der Waals surface area contributed by atoms with E-state index in [0.717, 1.165) is 39.8 Å². The highest BCUT2D eigenvalue weighted by Gasteiger charge is 2.33. The molecule has 340 valence electrons. The van der Waals surface area contributed by atoms with Crippen LogP contribution in [0, 0.1) is 0 Å². The summed E-state index contributed by atoms with van der Waals surface area (Å²) in [6.45, 7) is 0. The van der Waals surface area contributed by atoms with Crippen molar-refractivity contribution in [3.05, 3.63) is 285 Å². The molecule has 0 unspecified atom stereocenters. The molecule has 13 rings (SSSR count). The number of benzene rings is 11. The topological polar surface area (TPSA) is 11.4 Å². The van der Waals surface area contributed by atoms with Gasteiger partial charge in [0.15, 0.2) is 0 Å². The van der Waals surface area contributed by atoms with Gasteiger partial charge in [-0.2, -0.15) is 0 Å². The zero-order valence-electron chi connectivity index (χ0n) is 39.4. The lowest BCUT2D eigenvalue weighted by Gasteiger charge is -2.32. The third-order valence-corrected chi connectivity index (χ3v) is 15.0. The molecule has 11 aromatic carbocycles. The highest BCUT2D eigenvalue weighted by atomic mass is 32.2. The van der Waals surface area contributed by atoms with E-state index in [1.807, 2.05) is 11.8 Å². The van der Waals surface area contributed by atoms with E-state index in [1.54, 1.807) is 0 Å². The Morgan fingerprint density at radius 3 is 1.25 bits per heavy atom. The molecule has 72 heavy (non-hydrogen) atoms. The van der Waals surface area contributed by atoms with Crippen LogP contribution in [0.3, 0.4) is 0 Å². The molecule has 0 aliphatic carbocycles. The fourth-order valence-corrected chi connectivity index (χ4v) is 11.6. The molecular formula is C68H47N3S. The highest BCUT2D eigenvalue weighted by molar-refractivity contribution is 8.00. The molecule has 0 N–H and O–H groups in total. The summed E-state index contributed by atoms with van der Waals surface area (Å²) in [4.78, 5) is 7.27. The number of fused-ring (bicyclic) bond motifs is 4. The van der Waals surface area contributed by atoms with Crippen molar-refractivity contribution >= 4 is 56.9 Å². The molecule has 0 saturated carbocycles. The van der Waals surface area contributed by atoms with Gasteiger partial charge in [0.2, 0.25) is 0 Å². The average molecular weight is 938 g/mol. The number of anilines is 6. The Morgan fingerprint density at radius 2 is 0.681 bits per heavy atom. The van der Waals surface area contributed by atoms with Crippen molar-refractivity contribution in [3.8, 4) is 61.3 Å². The summed E-state index contributed by atoms with van der Waals surface area (Å²) in [6.07, 6.45) is 0. The van der Waals surface area contributed by atoms with Gasteiger partial charge >= 0.3 is 0 Å². The number of rotatable bonds is 10. The van der Waals surface area contributed by atoms with E-state index in [-0.39, 0.29) is 0 Å². The molecule has 0 amide bonds. The first-order chi connectivity index (χ1) is 35.7. The second-order valence-electron chi connectivity index (χ2n) is 18.1. The normalized spacial score (nSPS) is 11.8. The Morgan fingerprint density at radius 1 is 0.292 bits per heavy atom. The molecule has 1 aromatic heterocycles. The van der Waals surface area contributed by atoms with Crippen LogP contribution in [0.5, 0.6) is 0 Å². The van der Waals surface area contributed by atoms with Crippen LogP contribution in [0.25, 0.3) is 72.2 Å². The molecule has 0 saturated heterocycles. The molecule has 0 bridgehead atoms. The molecule has 0 radical (unpaired) electrons. The van der Waals surface area contributed by atoms with Gasteiger partial charge in [0.1, 0.15) is 5.82 Å². The molecule has 4 heteroatoms. The van der Waals surface area contributed by atoms with Crippen molar-refractivity contribution in [1.82, 2.24) is 4.57 Å². The summed E-state index contributed by atoms with van der Waals surface area (Å²) in [5.74, 6) is 1.15. The lowest BCUT2D eigenvalue weighted by Crippen LogP contribution is -2.17. The standard InChI is InChI=1S/C68H47N3S/c1-5-18-48(19-6-1)50-36-42-57(43-37-50)69(59-46-40-53(41-47-59)61-27-14-13-26-60(61)52-20-7-2-8-21-52)58-44-38-51(39-45-58)49-32-34-54(35-33-49)62-28-17-30-64-66(62)67-68(71(64)56-24-11-4-12-25-56)70(55-22-9-3-10-23-55)63-29-15-16-31-65(63)72-67/h1-47H. The Balaban J connectivity index is 0.861. The van der Waals surface area contributed by atoms with Gasteiger partial charge in [-0.25, -0.2) is 0 Å². The van der Waals surface area contributed by atoms with E-state index in [1.165, 1.54) is 76.5 Å². The zero-order chi connectivity index (χ0) is 47.8. The lowest BCUT2D eigenvalue weighted by atomic mass is 9.94. The Bertz CT molecular complexity index is 3830. The summed E-state index contributed by atoms with van der Waals surface area (Å²) in [5.41, 5.74) is 19.8. The molecule has 0 spiro atoms. The quantitative estimate of drug-likeness (QED) is 0.135. The van der Waals surface area contributed by atoms with Crippen LogP contribution in [0.15, 0.2) is 295 Å². The van der Waals surface area contributed by atoms with Crippen molar-refractivity contribution in [2.75, 3.05) is 9.80 Å². The average Bonchev–Trinajstić information content (AvgIpc) is 3.80.